The molecule has 26 heavy (non-hydrogen) atoms. The molecular weight excluding hydrogens is 322 g/mol. The number of nitrogens with one attached hydrogen (secondary N) is 1. The van der Waals surface area contributed by atoms with Crippen LogP contribution in [0.15, 0.2) is 94.1 Å². The normalized spacial score (nSPS) is 11.2. The molecule has 0 saturated heterocycles. The Hall–Kier alpha value is -3.59. The molecule has 0 aliphatic heterocycles. The average molecular weight is 337 g/mol. The second kappa shape index (κ2) is 5.74. The lowest BCUT2D eigenvalue weighted by Crippen LogP contribution is -1.92. The van der Waals surface area contributed by atoms with Crippen LogP contribution in [0.1, 0.15) is 0 Å². The molecule has 0 unspecified atom stereocenters. The van der Waals surface area contributed by atoms with Gasteiger partial charge in [0.2, 0.25) is 0 Å². The Morgan fingerprint density at radius 3 is 2.15 bits per heavy atom. The number of fused-ring (bicyclic) bond motifs is 3. The van der Waals surface area contributed by atoms with Crippen LogP contribution in [0.4, 0.5) is 0 Å². The van der Waals surface area contributed by atoms with E-state index in [9.17, 15) is 4.79 Å². The lowest BCUT2D eigenvalue weighted by Gasteiger charge is -2.08. The average Bonchev–Trinajstić information content (AvgIpc) is 3.06. The molecule has 3 aromatic carbocycles. The van der Waals surface area contributed by atoms with E-state index < -0.39 is 0 Å². The zero-order valence-corrected chi connectivity index (χ0v) is 13.9. The van der Waals surface area contributed by atoms with Crippen molar-refractivity contribution in [1.29, 1.82) is 0 Å². The second-order valence-electron chi connectivity index (χ2n) is 6.29. The molecule has 5 aromatic rings. The molecule has 3 nitrogen and oxygen atoms in total. The maximum Gasteiger partial charge on any atom is 0.182 e. The number of H-pyrrole nitrogens is 1. The standard InChI is InChI=1S/C23H15NO2/c25-17-11-12-18-21(13-17)26-23-19(15-7-3-1-4-8-15)14-20(24-22(18)23)16-9-5-2-6-10-16/h1-14,24H. The molecule has 0 radical (unpaired) electrons. The van der Waals surface area contributed by atoms with E-state index in [0.717, 1.165) is 38.9 Å². The summed E-state index contributed by atoms with van der Waals surface area (Å²) < 4.78 is 6.08. The summed E-state index contributed by atoms with van der Waals surface area (Å²) in [7, 11) is 0. The van der Waals surface area contributed by atoms with E-state index in [0.29, 0.717) is 5.58 Å². The van der Waals surface area contributed by atoms with E-state index in [2.05, 4.69) is 35.3 Å². The van der Waals surface area contributed by atoms with Crippen LogP contribution < -0.4 is 5.43 Å². The molecule has 1 N–H and O–H groups in total. The van der Waals surface area contributed by atoms with Gasteiger partial charge in [0.1, 0.15) is 5.58 Å². The van der Waals surface area contributed by atoms with Crippen molar-refractivity contribution in [2.75, 3.05) is 0 Å². The summed E-state index contributed by atoms with van der Waals surface area (Å²) in [6.07, 6.45) is 0. The van der Waals surface area contributed by atoms with E-state index in [1.54, 1.807) is 12.1 Å². The number of pyridine rings is 1. The van der Waals surface area contributed by atoms with E-state index in [4.69, 9.17) is 4.42 Å². The molecule has 0 saturated carbocycles. The molecule has 3 heteroatoms. The molecule has 124 valence electrons. The van der Waals surface area contributed by atoms with E-state index >= 15 is 0 Å². The van der Waals surface area contributed by atoms with Crippen LogP contribution in [0.5, 0.6) is 0 Å². The smallest absolute Gasteiger partial charge is 0.182 e. The first kappa shape index (κ1) is 14.7. The summed E-state index contributed by atoms with van der Waals surface area (Å²) in [6, 6.07) is 27.4. The highest BCUT2D eigenvalue weighted by molar-refractivity contribution is 6.08. The summed E-state index contributed by atoms with van der Waals surface area (Å²) in [5, 5.41) is 0.912. The number of furan rings is 1. The van der Waals surface area contributed by atoms with Crippen LogP contribution >= 0.6 is 0 Å². The predicted molar refractivity (Wildman–Crippen MR) is 105 cm³/mol. The van der Waals surface area contributed by atoms with Gasteiger partial charge in [-0.25, -0.2) is 0 Å². The molecule has 0 atom stereocenters. The summed E-state index contributed by atoms with van der Waals surface area (Å²) in [5.41, 5.74) is 6.39. The van der Waals surface area contributed by atoms with Crippen molar-refractivity contribution >= 4 is 22.1 Å². The van der Waals surface area contributed by atoms with Gasteiger partial charge < -0.3 is 9.40 Å². The third-order valence-corrected chi connectivity index (χ3v) is 4.62. The number of benzene rings is 3. The van der Waals surface area contributed by atoms with Crippen molar-refractivity contribution in [2.45, 2.75) is 0 Å². The summed E-state index contributed by atoms with van der Waals surface area (Å²) in [6.45, 7) is 0. The molecule has 0 aliphatic carbocycles. The Morgan fingerprint density at radius 1 is 0.731 bits per heavy atom. The van der Waals surface area contributed by atoms with Crippen molar-refractivity contribution in [2.24, 2.45) is 0 Å². The Labute approximate surface area is 149 Å². The first-order valence-corrected chi connectivity index (χ1v) is 8.50. The van der Waals surface area contributed by atoms with Gasteiger partial charge in [0, 0.05) is 22.7 Å². The second-order valence-corrected chi connectivity index (χ2v) is 6.29. The van der Waals surface area contributed by atoms with Crippen LogP contribution in [-0.4, -0.2) is 4.98 Å². The highest BCUT2D eigenvalue weighted by atomic mass is 16.3. The van der Waals surface area contributed by atoms with Gasteiger partial charge in [-0.1, -0.05) is 60.7 Å². The molecule has 2 heterocycles. The van der Waals surface area contributed by atoms with Gasteiger partial charge in [-0.3, -0.25) is 4.79 Å². The largest absolute Gasteiger partial charge is 0.454 e. The van der Waals surface area contributed by atoms with Gasteiger partial charge in [0.15, 0.2) is 11.0 Å². The van der Waals surface area contributed by atoms with Crippen LogP contribution in [0, 0.1) is 0 Å². The van der Waals surface area contributed by atoms with Gasteiger partial charge in [0.05, 0.1) is 5.52 Å². The Kier molecular flexibility index (Phi) is 3.25. The maximum atomic E-state index is 11.7. The van der Waals surface area contributed by atoms with Gasteiger partial charge >= 0.3 is 0 Å². The molecular formula is C23H15NO2. The monoisotopic (exact) mass is 337 g/mol. The van der Waals surface area contributed by atoms with Crippen molar-refractivity contribution in [3.63, 3.8) is 0 Å². The van der Waals surface area contributed by atoms with Crippen molar-refractivity contribution in [1.82, 2.24) is 4.98 Å². The molecule has 5 rings (SSSR count). The zero-order valence-electron chi connectivity index (χ0n) is 13.9. The minimum Gasteiger partial charge on any atom is -0.454 e. The number of aromatic nitrogens is 1. The van der Waals surface area contributed by atoms with Gasteiger partial charge in [0.25, 0.3) is 0 Å². The minimum atomic E-state index is -0.0545. The Morgan fingerprint density at radius 2 is 1.42 bits per heavy atom. The van der Waals surface area contributed by atoms with Gasteiger partial charge in [-0.15, -0.1) is 0 Å². The topological polar surface area (TPSA) is 46.0 Å². The lowest BCUT2D eigenvalue weighted by molar-refractivity contribution is 0.669. The van der Waals surface area contributed by atoms with Crippen LogP contribution in [0.3, 0.4) is 0 Å². The first-order chi connectivity index (χ1) is 12.8. The molecule has 2 aromatic heterocycles. The van der Waals surface area contributed by atoms with Crippen molar-refractivity contribution in [3.8, 4) is 22.4 Å². The number of rotatable bonds is 2. The minimum absolute atomic E-state index is 0.0545. The fraction of sp³-hybridized carbons (Fsp3) is 0. The molecule has 0 bridgehead atoms. The molecule has 0 aliphatic rings. The third-order valence-electron chi connectivity index (χ3n) is 4.62. The summed E-state index contributed by atoms with van der Waals surface area (Å²) in [4.78, 5) is 15.2. The lowest BCUT2D eigenvalue weighted by atomic mass is 10.0. The van der Waals surface area contributed by atoms with E-state index in [1.165, 1.54) is 0 Å². The van der Waals surface area contributed by atoms with E-state index in [1.807, 2.05) is 42.5 Å². The first-order valence-electron chi connectivity index (χ1n) is 8.50. The third kappa shape index (κ3) is 2.33. The molecule has 0 amide bonds. The molecule has 0 fully saturated rings. The van der Waals surface area contributed by atoms with Crippen LogP contribution in [0.25, 0.3) is 44.5 Å². The summed E-state index contributed by atoms with van der Waals surface area (Å²) >= 11 is 0. The molecule has 0 spiro atoms. The van der Waals surface area contributed by atoms with Crippen LogP contribution in [0.2, 0.25) is 0 Å². The van der Waals surface area contributed by atoms with Crippen molar-refractivity contribution < 1.29 is 4.42 Å². The zero-order chi connectivity index (χ0) is 17.5. The van der Waals surface area contributed by atoms with Crippen molar-refractivity contribution in [3.05, 3.63) is 95.2 Å². The number of aromatic amines is 1. The van der Waals surface area contributed by atoms with Gasteiger partial charge in [-0.2, -0.15) is 0 Å². The highest BCUT2D eigenvalue weighted by Crippen LogP contribution is 2.36. The Balaban J connectivity index is 1.91. The number of hydrogen-bond acceptors (Lipinski definition) is 2. The maximum absolute atomic E-state index is 11.7. The number of hydrogen-bond donors (Lipinski definition) is 1. The highest BCUT2D eigenvalue weighted by Gasteiger charge is 2.15. The van der Waals surface area contributed by atoms with Crippen LogP contribution in [-0.2, 0) is 0 Å². The Bertz CT molecular complexity index is 1280. The fourth-order valence-corrected chi connectivity index (χ4v) is 3.38. The fourth-order valence-electron chi connectivity index (χ4n) is 3.38. The predicted octanol–water partition coefficient (Wildman–Crippen LogP) is 5.61. The van der Waals surface area contributed by atoms with Gasteiger partial charge in [-0.05, 0) is 29.3 Å². The van der Waals surface area contributed by atoms with E-state index in [-0.39, 0.29) is 5.43 Å². The SMILES string of the molecule is O=c1ccc2c(c1)oc1c(-c3ccccc3)cc(-c3ccccc3)[nH]c12. The quantitative estimate of drug-likeness (QED) is 0.455. The summed E-state index contributed by atoms with van der Waals surface area (Å²) in [5.74, 6) is 0.